The summed E-state index contributed by atoms with van der Waals surface area (Å²) in [6.07, 6.45) is 1.10. The smallest absolute Gasteiger partial charge is 0.305 e. The molecule has 0 bridgehead atoms. The minimum Gasteiger partial charge on any atom is -0.506 e. The Balaban J connectivity index is 0.00000272. The molecular weight excluding hydrogens is 485 g/mol. The van der Waals surface area contributed by atoms with Crippen LogP contribution in [0.25, 0.3) is 10.2 Å². The zero-order valence-corrected chi connectivity index (χ0v) is 21.2. The molecule has 0 amide bonds. The van der Waals surface area contributed by atoms with Crippen LogP contribution >= 0.6 is 36.2 Å². The number of phenolic OH excluding ortho intramolecular Hbond substituents is 1. The van der Waals surface area contributed by atoms with Crippen molar-refractivity contribution in [1.29, 1.82) is 0 Å². The van der Waals surface area contributed by atoms with Gasteiger partial charge in [0.25, 0.3) is 0 Å². The van der Waals surface area contributed by atoms with E-state index in [-0.39, 0.29) is 35.4 Å². The number of aromatic hydroxyl groups is 1. The molecule has 0 fully saturated rings. The number of halogens is 2. The standard InChI is InChI=1S/C23H31N3O4S.2ClH/c1-3-17(14-30-2)25-12-16-6-4-5-15(11-16)9-10-24-13-20(28)18-7-8-19(27)21-22(18)31-23(29)26-21;;/h4-8,11,17,20,24-25,27-28H,3,9-10,12-14H2,1-2H3,(H,26,29);2*1H/t17-,20+;;/m1../s1. The maximum Gasteiger partial charge on any atom is 0.305 e. The number of rotatable bonds is 12. The first kappa shape index (κ1) is 29.4. The number of aromatic amines is 1. The molecule has 5 N–H and O–H groups in total. The van der Waals surface area contributed by atoms with Crippen molar-refractivity contribution in [2.24, 2.45) is 0 Å². The summed E-state index contributed by atoms with van der Waals surface area (Å²) in [5.74, 6) is 0.0131. The van der Waals surface area contributed by atoms with E-state index < -0.39 is 6.10 Å². The second-order valence-electron chi connectivity index (χ2n) is 7.62. The molecule has 10 heteroatoms. The first-order valence-electron chi connectivity index (χ1n) is 10.6. The summed E-state index contributed by atoms with van der Waals surface area (Å²) >= 11 is 0.997. The third-order valence-electron chi connectivity index (χ3n) is 5.32. The van der Waals surface area contributed by atoms with E-state index in [1.54, 1.807) is 13.2 Å². The summed E-state index contributed by atoms with van der Waals surface area (Å²) in [5, 5.41) is 27.3. The summed E-state index contributed by atoms with van der Waals surface area (Å²) < 4.78 is 5.83. The topological polar surface area (TPSA) is 107 Å². The molecule has 33 heavy (non-hydrogen) atoms. The van der Waals surface area contributed by atoms with Gasteiger partial charge in [-0.05, 0) is 36.6 Å². The molecule has 1 aromatic heterocycles. The van der Waals surface area contributed by atoms with Crippen molar-refractivity contribution in [1.82, 2.24) is 15.6 Å². The molecule has 1 heterocycles. The van der Waals surface area contributed by atoms with Gasteiger partial charge in [-0.3, -0.25) is 4.79 Å². The number of ether oxygens (including phenoxy) is 1. The van der Waals surface area contributed by atoms with E-state index >= 15 is 0 Å². The van der Waals surface area contributed by atoms with Crippen molar-refractivity contribution < 1.29 is 14.9 Å². The fourth-order valence-electron chi connectivity index (χ4n) is 3.56. The minimum atomic E-state index is -0.767. The number of fused-ring (bicyclic) bond motifs is 1. The normalized spacial score (nSPS) is 12.7. The quantitative estimate of drug-likeness (QED) is 0.235. The molecule has 0 unspecified atom stereocenters. The Morgan fingerprint density at radius 2 is 1.94 bits per heavy atom. The summed E-state index contributed by atoms with van der Waals surface area (Å²) in [5.41, 5.74) is 3.49. The van der Waals surface area contributed by atoms with Crippen molar-refractivity contribution in [2.75, 3.05) is 26.8 Å². The molecule has 3 aromatic rings. The van der Waals surface area contributed by atoms with Crippen LogP contribution in [-0.2, 0) is 17.7 Å². The number of aromatic nitrogens is 1. The van der Waals surface area contributed by atoms with Gasteiger partial charge < -0.3 is 30.6 Å². The van der Waals surface area contributed by atoms with E-state index in [9.17, 15) is 15.0 Å². The lowest BCUT2D eigenvalue weighted by atomic mass is 10.1. The number of aliphatic hydroxyl groups excluding tert-OH is 1. The molecule has 0 spiro atoms. The van der Waals surface area contributed by atoms with Crippen LogP contribution in [-0.4, -0.2) is 48.0 Å². The van der Waals surface area contributed by atoms with Crippen LogP contribution in [0.4, 0.5) is 0 Å². The average Bonchev–Trinajstić information content (AvgIpc) is 3.17. The van der Waals surface area contributed by atoms with Gasteiger partial charge in [-0.15, -0.1) is 24.8 Å². The molecule has 7 nitrogen and oxygen atoms in total. The lowest BCUT2D eigenvalue weighted by Gasteiger charge is -2.16. The van der Waals surface area contributed by atoms with Crippen LogP contribution in [0.2, 0.25) is 0 Å². The van der Waals surface area contributed by atoms with E-state index in [2.05, 4.69) is 46.8 Å². The molecular formula is C23H33Cl2N3O4S. The van der Waals surface area contributed by atoms with Crippen molar-refractivity contribution in [3.63, 3.8) is 0 Å². The van der Waals surface area contributed by atoms with Gasteiger partial charge in [0, 0.05) is 31.8 Å². The summed E-state index contributed by atoms with van der Waals surface area (Å²) in [7, 11) is 1.72. The van der Waals surface area contributed by atoms with Crippen molar-refractivity contribution in [2.45, 2.75) is 38.5 Å². The molecule has 2 aromatic carbocycles. The Morgan fingerprint density at radius 3 is 2.67 bits per heavy atom. The van der Waals surface area contributed by atoms with Crippen molar-refractivity contribution in [3.8, 4) is 5.75 Å². The largest absolute Gasteiger partial charge is 0.506 e. The first-order valence-corrected chi connectivity index (χ1v) is 11.4. The summed E-state index contributed by atoms with van der Waals surface area (Å²) in [4.78, 5) is 14.0. The lowest BCUT2D eigenvalue weighted by molar-refractivity contribution is 0.164. The maximum atomic E-state index is 11.6. The van der Waals surface area contributed by atoms with Gasteiger partial charge in [0.05, 0.1) is 17.4 Å². The van der Waals surface area contributed by atoms with Crippen molar-refractivity contribution in [3.05, 3.63) is 62.8 Å². The molecule has 2 atom stereocenters. The predicted octanol–water partition coefficient (Wildman–Crippen LogP) is 3.52. The SMILES string of the molecule is CC[C@H](COC)NCc1cccc(CCNC[C@H](O)c2ccc(O)c3[nH]c(=O)sc23)c1.Cl.Cl. The van der Waals surface area contributed by atoms with Gasteiger partial charge >= 0.3 is 4.87 Å². The number of hydrogen-bond acceptors (Lipinski definition) is 7. The monoisotopic (exact) mass is 517 g/mol. The number of nitrogens with one attached hydrogen (secondary N) is 3. The van der Waals surface area contributed by atoms with Gasteiger partial charge in [-0.2, -0.15) is 0 Å². The van der Waals surface area contributed by atoms with E-state index in [4.69, 9.17) is 4.74 Å². The zero-order chi connectivity index (χ0) is 22.2. The Kier molecular flexibility index (Phi) is 13.0. The molecule has 0 aliphatic rings. The van der Waals surface area contributed by atoms with Crippen LogP contribution in [0.5, 0.6) is 5.75 Å². The number of H-pyrrole nitrogens is 1. The highest BCUT2D eigenvalue weighted by atomic mass is 35.5. The van der Waals surface area contributed by atoms with Crippen LogP contribution in [0, 0.1) is 0 Å². The third-order valence-corrected chi connectivity index (χ3v) is 6.25. The summed E-state index contributed by atoms with van der Waals surface area (Å²) in [6.45, 7) is 4.74. The van der Waals surface area contributed by atoms with Crippen LogP contribution in [0.15, 0.2) is 41.2 Å². The molecule has 0 aliphatic heterocycles. The van der Waals surface area contributed by atoms with E-state index in [0.717, 1.165) is 37.3 Å². The second kappa shape index (κ2) is 14.6. The number of methoxy groups -OCH3 is 1. The van der Waals surface area contributed by atoms with E-state index in [1.165, 1.54) is 17.2 Å². The Labute approximate surface area is 210 Å². The second-order valence-corrected chi connectivity index (χ2v) is 8.61. The number of benzene rings is 2. The van der Waals surface area contributed by atoms with Crippen LogP contribution in [0.1, 0.15) is 36.1 Å². The highest BCUT2D eigenvalue weighted by Gasteiger charge is 2.16. The van der Waals surface area contributed by atoms with E-state index in [1.807, 2.05) is 0 Å². The Morgan fingerprint density at radius 1 is 1.18 bits per heavy atom. The molecule has 0 radical (unpaired) electrons. The molecule has 184 valence electrons. The third kappa shape index (κ3) is 8.26. The maximum absolute atomic E-state index is 11.6. The van der Waals surface area contributed by atoms with Crippen molar-refractivity contribution >= 4 is 46.4 Å². The fraction of sp³-hybridized carbons (Fsp3) is 0.435. The van der Waals surface area contributed by atoms with Gasteiger partial charge in [-0.25, -0.2) is 0 Å². The highest BCUT2D eigenvalue weighted by molar-refractivity contribution is 7.16. The Hall–Kier alpha value is -1.65. The zero-order valence-electron chi connectivity index (χ0n) is 18.8. The number of thiazole rings is 1. The van der Waals surface area contributed by atoms with Gasteiger partial charge in [0.2, 0.25) is 0 Å². The molecule has 3 rings (SSSR count). The van der Waals surface area contributed by atoms with Gasteiger partial charge in [-0.1, -0.05) is 48.6 Å². The Bertz CT molecular complexity index is 1040. The van der Waals surface area contributed by atoms with Gasteiger partial charge in [0.15, 0.2) is 0 Å². The fourth-order valence-corrected chi connectivity index (χ4v) is 4.48. The number of phenols is 1. The van der Waals surface area contributed by atoms with E-state index in [0.29, 0.717) is 35.0 Å². The summed E-state index contributed by atoms with van der Waals surface area (Å²) in [6, 6.07) is 12.0. The molecule has 0 aliphatic carbocycles. The molecule has 0 saturated heterocycles. The minimum absolute atomic E-state index is 0. The highest BCUT2D eigenvalue weighted by Crippen LogP contribution is 2.31. The van der Waals surface area contributed by atoms with Crippen LogP contribution < -0.4 is 15.5 Å². The predicted molar refractivity (Wildman–Crippen MR) is 139 cm³/mol. The average molecular weight is 519 g/mol. The molecule has 0 saturated carbocycles. The lowest BCUT2D eigenvalue weighted by Crippen LogP contribution is -2.32. The van der Waals surface area contributed by atoms with Crippen LogP contribution in [0.3, 0.4) is 0 Å². The first-order chi connectivity index (χ1) is 15.0. The number of aliphatic hydroxyl groups is 1. The van der Waals surface area contributed by atoms with Gasteiger partial charge in [0.1, 0.15) is 11.3 Å². The number of hydrogen-bond donors (Lipinski definition) is 5.